The highest BCUT2D eigenvalue weighted by molar-refractivity contribution is 5.92. The van der Waals surface area contributed by atoms with Crippen molar-refractivity contribution in [1.29, 1.82) is 0 Å². The van der Waals surface area contributed by atoms with Crippen LogP contribution in [0.1, 0.15) is 35.3 Å². The number of amides is 2. The summed E-state index contributed by atoms with van der Waals surface area (Å²) in [5, 5.41) is 4.19. The summed E-state index contributed by atoms with van der Waals surface area (Å²) < 4.78 is 19.1. The van der Waals surface area contributed by atoms with Crippen LogP contribution < -0.4 is 10.1 Å². The molecule has 2 amide bonds. The van der Waals surface area contributed by atoms with Gasteiger partial charge in [-0.1, -0.05) is 37.3 Å². The van der Waals surface area contributed by atoms with Crippen LogP contribution >= 0.6 is 0 Å². The van der Waals surface area contributed by atoms with Crippen LogP contribution in [-0.2, 0) is 12.8 Å². The number of aromatic nitrogens is 1. The van der Waals surface area contributed by atoms with E-state index in [0.717, 1.165) is 51.1 Å². The van der Waals surface area contributed by atoms with Crippen molar-refractivity contribution in [3.05, 3.63) is 94.9 Å². The molecule has 33 heavy (non-hydrogen) atoms. The lowest BCUT2D eigenvalue weighted by atomic mass is 9.92. The van der Waals surface area contributed by atoms with E-state index in [4.69, 9.17) is 4.74 Å². The van der Waals surface area contributed by atoms with E-state index in [-0.39, 0.29) is 17.9 Å². The van der Waals surface area contributed by atoms with E-state index in [0.29, 0.717) is 13.0 Å². The van der Waals surface area contributed by atoms with Gasteiger partial charge in [0.1, 0.15) is 11.6 Å². The smallest absolute Gasteiger partial charge is 0.322 e. The van der Waals surface area contributed by atoms with Gasteiger partial charge in [0, 0.05) is 28.8 Å². The number of halogens is 1. The van der Waals surface area contributed by atoms with E-state index in [1.807, 2.05) is 47.4 Å². The van der Waals surface area contributed by atoms with Crippen LogP contribution in [-0.4, -0.2) is 29.6 Å². The Hall–Kier alpha value is -3.80. The first-order valence-electron chi connectivity index (χ1n) is 11.2. The number of rotatable bonds is 4. The first kappa shape index (κ1) is 21.1. The summed E-state index contributed by atoms with van der Waals surface area (Å²) in [6.07, 6.45) is 1.54. The third kappa shape index (κ3) is 3.82. The van der Waals surface area contributed by atoms with Crippen molar-refractivity contribution in [2.75, 3.05) is 19.0 Å². The summed E-state index contributed by atoms with van der Waals surface area (Å²) in [6, 6.07) is 19.6. The molecule has 4 aromatic rings. The first-order valence-corrected chi connectivity index (χ1v) is 11.2. The summed E-state index contributed by atoms with van der Waals surface area (Å²) >= 11 is 0. The molecular formula is C27H26FN3O2. The maximum absolute atomic E-state index is 13.7. The molecule has 2 heterocycles. The number of carbonyl (C=O) groups is 1. The summed E-state index contributed by atoms with van der Waals surface area (Å²) in [6.45, 7) is 2.61. The Labute approximate surface area is 192 Å². The molecule has 0 bridgehead atoms. The minimum absolute atomic E-state index is 0.174. The zero-order chi connectivity index (χ0) is 22.9. The van der Waals surface area contributed by atoms with Gasteiger partial charge in [-0.15, -0.1) is 0 Å². The van der Waals surface area contributed by atoms with Crippen LogP contribution in [0.4, 0.5) is 14.9 Å². The average Bonchev–Trinajstić information content (AvgIpc) is 3.22. The Kier molecular flexibility index (Phi) is 5.50. The molecule has 5 nitrogen and oxygen atoms in total. The fourth-order valence-electron chi connectivity index (χ4n) is 4.74. The van der Waals surface area contributed by atoms with Gasteiger partial charge in [0.2, 0.25) is 0 Å². The molecule has 1 aliphatic rings. The van der Waals surface area contributed by atoms with Crippen molar-refractivity contribution in [1.82, 2.24) is 9.88 Å². The SMILES string of the molecule is CCc1ccccc1NC(=O)N1CCc2c([nH]c3ccc(OC)cc23)[C@@H]1c1ccc(F)cc1. The van der Waals surface area contributed by atoms with Crippen LogP contribution in [0.3, 0.4) is 0 Å². The van der Waals surface area contributed by atoms with Gasteiger partial charge in [-0.2, -0.15) is 0 Å². The molecule has 0 spiro atoms. The molecule has 5 rings (SSSR count). The van der Waals surface area contributed by atoms with E-state index >= 15 is 0 Å². The van der Waals surface area contributed by atoms with Crippen molar-refractivity contribution in [2.45, 2.75) is 25.8 Å². The second-order valence-corrected chi connectivity index (χ2v) is 8.27. The maximum atomic E-state index is 13.7. The monoisotopic (exact) mass is 443 g/mol. The topological polar surface area (TPSA) is 57.4 Å². The molecule has 0 aliphatic carbocycles. The molecule has 0 fully saturated rings. The van der Waals surface area contributed by atoms with Crippen LogP contribution in [0.25, 0.3) is 10.9 Å². The molecule has 3 aromatic carbocycles. The Morgan fingerprint density at radius 2 is 1.94 bits per heavy atom. The number of hydrogen-bond donors (Lipinski definition) is 2. The molecule has 1 aromatic heterocycles. The number of ether oxygens (including phenoxy) is 1. The van der Waals surface area contributed by atoms with Gasteiger partial charge < -0.3 is 19.9 Å². The molecule has 0 saturated heterocycles. The van der Waals surface area contributed by atoms with Crippen molar-refractivity contribution >= 4 is 22.6 Å². The summed E-state index contributed by atoms with van der Waals surface area (Å²) in [7, 11) is 1.65. The van der Waals surface area contributed by atoms with E-state index < -0.39 is 0 Å². The number of aryl methyl sites for hydroxylation is 1. The quantitative estimate of drug-likeness (QED) is 0.403. The van der Waals surface area contributed by atoms with Gasteiger partial charge in [-0.3, -0.25) is 0 Å². The standard InChI is InChI=1S/C27H26FN3O2/c1-3-17-6-4-5-7-23(17)30-27(32)31-15-14-21-22-16-20(33-2)12-13-24(22)29-25(21)26(31)18-8-10-19(28)11-9-18/h4-13,16,26,29H,3,14-15H2,1-2H3,(H,30,32)/t26-/m0/s1. The molecule has 0 saturated carbocycles. The Balaban J connectivity index is 1.58. The van der Waals surface area contributed by atoms with Gasteiger partial charge >= 0.3 is 6.03 Å². The predicted octanol–water partition coefficient (Wildman–Crippen LogP) is 6.06. The van der Waals surface area contributed by atoms with Crippen LogP contribution in [0.5, 0.6) is 5.75 Å². The number of H-pyrrole nitrogens is 1. The zero-order valence-electron chi connectivity index (χ0n) is 18.7. The van der Waals surface area contributed by atoms with Gasteiger partial charge in [0.15, 0.2) is 0 Å². The highest BCUT2D eigenvalue weighted by Crippen LogP contribution is 2.39. The number of para-hydroxylation sites is 1. The Morgan fingerprint density at radius 1 is 1.15 bits per heavy atom. The summed E-state index contributed by atoms with van der Waals surface area (Å²) in [4.78, 5) is 18.9. The first-order chi connectivity index (χ1) is 16.1. The average molecular weight is 444 g/mol. The number of nitrogens with one attached hydrogen (secondary N) is 2. The zero-order valence-corrected chi connectivity index (χ0v) is 18.7. The number of urea groups is 1. The van der Waals surface area contributed by atoms with E-state index in [9.17, 15) is 9.18 Å². The summed E-state index contributed by atoms with van der Waals surface area (Å²) in [5.74, 6) is 0.489. The number of carbonyl (C=O) groups excluding carboxylic acids is 1. The fourth-order valence-corrected chi connectivity index (χ4v) is 4.74. The van der Waals surface area contributed by atoms with Crippen LogP contribution in [0.2, 0.25) is 0 Å². The highest BCUT2D eigenvalue weighted by Gasteiger charge is 2.35. The van der Waals surface area contributed by atoms with E-state index in [1.165, 1.54) is 12.1 Å². The van der Waals surface area contributed by atoms with Gasteiger partial charge in [-0.05, 0) is 65.9 Å². The van der Waals surface area contributed by atoms with E-state index in [1.54, 1.807) is 19.2 Å². The lowest BCUT2D eigenvalue weighted by molar-refractivity contribution is 0.193. The fraction of sp³-hybridized carbons (Fsp3) is 0.222. The summed E-state index contributed by atoms with van der Waals surface area (Å²) in [5.41, 5.74) is 5.86. The van der Waals surface area contributed by atoms with Crippen LogP contribution in [0, 0.1) is 5.82 Å². The number of hydrogen-bond acceptors (Lipinski definition) is 2. The Bertz CT molecular complexity index is 1310. The minimum atomic E-state index is -0.360. The number of anilines is 1. The molecule has 1 atom stereocenters. The molecule has 168 valence electrons. The predicted molar refractivity (Wildman–Crippen MR) is 128 cm³/mol. The Morgan fingerprint density at radius 3 is 2.70 bits per heavy atom. The lowest BCUT2D eigenvalue weighted by Gasteiger charge is -2.36. The minimum Gasteiger partial charge on any atom is -0.497 e. The molecule has 2 N–H and O–H groups in total. The second-order valence-electron chi connectivity index (χ2n) is 8.27. The van der Waals surface area contributed by atoms with E-state index in [2.05, 4.69) is 17.2 Å². The number of aromatic amines is 1. The lowest BCUT2D eigenvalue weighted by Crippen LogP contribution is -2.43. The number of nitrogens with zero attached hydrogens (tertiary/aromatic N) is 1. The molecule has 1 aliphatic heterocycles. The van der Waals surface area contributed by atoms with Gasteiger partial charge in [0.25, 0.3) is 0 Å². The molecule has 0 radical (unpaired) electrons. The normalized spacial score (nSPS) is 15.4. The van der Waals surface area contributed by atoms with Gasteiger partial charge in [0.05, 0.1) is 13.2 Å². The highest BCUT2D eigenvalue weighted by atomic mass is 19.1. The number of benzene rings is 3. The third-order valence-corrected chi connectivity index (χ3v) is 6.42. The third-order valence-electron chi connectivity index (χ3n) is 6.42. The molecule has 0 unspecified atom stereocenters. The largest absolute Gasteiger partial charge is 0.497 e. The van der Waals surface area contributed by atoms with Gasteiger partial charge in [-0.25, -0.2) is 9.18 Å². The maximum Gasteiger partial charge on any atom is 0.322 e. The number of methoxy groups -OCH3 is 1. The molecular weight excluding hydrogens is 417 g/mol. The molecule has 6 heteroatoms. The second kappa shape index (κ2) is 8.62. The van der Waals surface area contributed by atoms with Crippen molar-refractivity contribution in [3.8, 4) is 5.75 Å². The van der Waals surface area contributed by atoms with Crippen molar-refractivity contribution in [3.63, 3.8) is 0 Å². The van der Waals surface area contributed by atoms with Crippen molar-refractivity contribution in [2.24, 2.45) is 0 Å². The van der Waals surface area contributed by atoms with Crippen molar-refractivity contribution < 1.29 is 13.9 Å². The van der Waals surface area contributed by atoms with Crippen LogP contribution in [0.15, 0.2) is 66.7 Å². The number of fused-ring (bicyclic) bond motifs is 3.